The highest BCUT2D eigenvalue weighted by Gasteiger charge is 2.33. The van der Waals surface area contributed by atoms with Gasteiger partial charge < -0.3 is 19.5 Å². The summed E-state index contributed by atoms with van der Waals surface area (Å²) in [7, 11) is 2.23. The average Bonchev–Trinajstić information content (AvgIpc) is 2.85. The molecule has 1 aromatic rings. The number of hydrogen-bond donors (Lipinski definition) is 2. The van der Waals surface area contributed by atoms with Crippen LogP contribution in [0.25, 0.3) is 0 Å². The smallest absolute Gasteiger partial charge is 0.209 e. The van der Waals surface area contributed by atoms with Gasteiger partial charge in [-0.15, -0.1) is 0 Å². The minimum atomic E-state index is -3.34. The first-order chi connectivity index (χ1) is 12.2. The summed E-state index contributed by atoms with van der Waals surface area (Å²) in [6.07, 6.45) is 0.377. The Labute approximate surface area is 155 Å². The normalized spacial score (nSPS) is 21.3. The number of β-amino-alcohol motifs (C(OH)–C–C–N with tert-alkyl or cyclic N) is 1. The number of nitrogens with zero attached hydrogens (tertiary/aromatic N) is 2. The molecule has 1 aromatic carbocycles. The molecule has 0 unspecified atom stereocenters. The van der Waals surface area contributed by atoms with Crippen LogP contribution >= 0.6 is 0 Å². The molecule has 0 bridgehead atoms. The van der Waals surface area contributed by atoms with Crippen molar-refractivity contribution < 1.29 is 23.0 Å². The van der Waals surface area contributed by atoms with Gasteiger partial charge in [0.1, 0.15) is 6.61 Å². The Kier molecular flexibility index (Phi) is 7.24. The number of nitrogens with one attached hydrogen (secondary N) is 1. The van der Waals surface area contributed by atoms with E-state index < -0.39 is 22.2 Å². The van der Waals surface area contributed by atoms with Crippen molar-refractivity contribution in [3.8, 4) is 11.5 Å². The van der Waals surface area contributed by atoms with Gasteiger partial charge in [0, 0.05) is 26.2 Å². The lowest BCUT2D eigenvalue weighted by molar-refractivity contribution is 0.160. The van der Waals surface area contributed by atoms with E-state index >= 15 is 0 Å². The Morgan fingerprint density at radius 2 is 2.04 bits per heavy atom. The predicted octanol–water partition coefficient (Wildman–Crippen LogP) is -0.270. The van der Waals surface area contributed by atoms with Gasteiger partial charge in [-0.1, -0.05) is 6.07 Å². The molecule has 1 saturated heterocycles. The zero-order valence-corrected chi connectivity index (χ0v) is 16.6. The Hall–Kier alpha value is -1.39. The van der Waals surface area contributed by atoms with Crippen LogP contribution in [0.3, 0.4) is 0 Å². The fourth-order valence-corrected chi connectivity index (χ4v) is 3.69. The SMILES string of the molecule is COc1cc(CN2C[C@@H](O)[C@H](NS(C)(=O)=O)C2)ccc1OCCN(C)C. The maximum absolute atomic E-state index is 11.4. The zero-order valence-electron chi connectivity index (χ0n) is 15.8. The molecule has 1 heterocycles. The van der Waals surface area contributed by atoms with Crippen molar-refractivity contribution in [1.82, 2.24) is 14.5 Å². The molecule has 148 valence electrons. The highest BCUT2D eigenvalue weighted by molar-refractivity contribution is 7.88. The second kappa shape index (κ2) is 9.01. The van der Waals surface area contributed by atoms with Gasteiger partial charge in [-0.25, -0.2) is 13.1 Å². The maximum Gasteiger partial charge on any atom is 0.209 e. The number of methoxy groups -OCH3 is 1. The molecule has 26 heavy (non-hydrogen) atoms. The van der Waals surface area contributed by atoms with E-state index in [4.69, 9.17) is 9.47 Å². The number of sulfonamides is 1. The lowest BCUT2D eigenvalue weighted by Gasteiger charge is -2.18. The van der Waals surface area contributed by atoms with E-state index in [1.807, 2.05) is 42.1 Å². The van der Waals surface area contributed by atoms with Crippen molar-refractivity contribution in [3.63, 3.8) is 0 Å². The van der Waals surface area contributed by atoms with Crippen LogP contribution in [0, 0.1) is 0 Å². The van der Waals surface area contributed by atoms with Crippen molar-refractivity contribution in [1.29, 1.82) is 0 Å². The molecule has 1 aliphatic heterocycles. The summed E-state index contributed by atoms with van der Waals surface area (Å²) in [6, 6.07) is 5.26. The highest BCUT2D eigenvalue weighted by Crippen LogP contribution is 2.29. The van der Waals surface area contributed by atoms with Gasteiger partial charge in [0.2, 0.25) is 10.0 Å². The monoisotopic (exact) mass is 387 g/mol. The van der Waals surface area contributed by atoms with Crippen LogP contribution in [-0.2, 0) is 16.6 Å². The molecule has 2 atom stereocenters. The first-order valence-electron chi connectivity index (χ1n) is 8.50. The molecule has 0 radical (unpaired) electrons. The first kappa shape index (κ1) is 20.9. The molecular formula is C17H29N3O5S. The standard InChI is InChI=1S/C17H29N3O5S/c1-19(2)7-8-25-16-6-5-13(9-17(16)24-3)10-20-11-14(15(21)12-20)18-26(4,22)23/h5-6,9,14-15,18,21H,7-8,10-12H2,1-4H3/t14-,15-/m1/s1. The fraction of sp³-hybridized carbons (Fsp3) is 0.647. The van der Waals surface area contributed by atoms with E-state index in [0.29, 0.717) is 37.7 Å². The quantitative estimate of drug-likeness (QED) is 0.603. The van der Waals surface area contributed by atoms with E-state index in [1.165, 1.54) is 0 Å². The van der Waals surface area contributed by atoms with Gasteiger partial charge >= 0.3 is 0 Å². The molecule has 0 aliphatic carbocycles. The van der Waals surface area contributed by atoms with E-state index in [1.54, 1.807) is 7.11 Å². The summed E-state index contributed by atoms with van der Waals surface area (Å²) in [5.41, 5.74) is 1.01. The third-order valence-corrected chi connectivity index (χ3v) is 4.89. The van der Waals surface area contributed by atoms with Crippen molar-refractivity contribution in [3.05, 3.63) is 23.8 Å². The van der Waals surface area contributed by atoms with Crippen molar-refractivity contribution in [2.24, 2.45) is 0 Å². The number of aliphatic hydroxyl groups is 1. The number of likely N-dealkylation sites (tertiary alicyclic amines) is 1. The molecule has 2 N–H and O–H groups in total. The van der Waals surface area contributed by atoms with E-state index in [9.17, 15) is 13.5 Å². The van der Waals surface area contributed by atoms with Gasteiger partial charge in [-0.05, 0) is 31.8 Å². The van der Waals surface area contributed by atoms with E-state index in [2.05, 4.69) is 4.72 Å². The molecule has 0 aromatic heterocycles. The summed E-state index contributed by atoms with van der Waals surface area (Å²) in [6.45, 7) is 2.84. The van der Waals surface area contributed by atoms with Crippen molar-refractivity contribution in [2.45, 2.75) is 18.7 Å². The highest BCUT2D eigenvalue weighted by atomic mass is 32.2. The third-order valence-electron chi connectivity index (χ3n) is 4.16. The maximum atomic E-state index is 11.4. The average molecular weight is 388 g/mol. The predicted molar refractivity (Wildman–Crippen MR) is 100 cm³/mol. The summed E-state index contributed by atoms with van der Waals surface area (Å²) in [5, 5.41) is 10.1. The van der Waals surface area contributed by atoms with Gasteiger partial charge in [0.05, 0.1) is 25.5 Å². The zero-order chi connectivity index (χ0) is 19.3. The lowest BCUT2D eigenvalue weighted by Crippen LogP contribution is -2.42. The minimum absolute atomic E-state index is 0.413. The number of benzene rings is 1. The number of rotatable bonds is 9. The lowest BCUT2D eigenvalue weighted by atomic mass is 10.2. The summed E-state index contributed by atoms with van der Waals surface area (Å²) >= 11 is 0. The number of ether oxygens (including phenoxy) is 2. The molecule has 1 aliphatic rings. The largest absolute Gasteiger partial charge is 0.493 e. The van der Waals surface area contributed by atoms with Crippen LogP contribution in [0.5, 0.6) is 11.5 Å². The molecule has 8 nitrogen and oxygen atoms in total. The van der Waals surface area contributed by atoms with Crippen molar-refractivity contribution >= 4 is 10.0 Å². The molecule has 9 heteroatoms. The van der Waals surface area contributed by atoms with Crippen LogP contribution < -0.4 is 14.2 Å². The Bertz CT molecular complexity index is 696. The third kappa shape index (κ3) is 6.40. The van der Waals surface area contributed by atoms with E-state index in [0.717, 1.165) is 18.4 Å². The summed E-state index contributed by atoms with van der Waals surface area (Å²) in [4.78, 5) is 4.05. The second-order valence-electron chi connectivity index (χ2n) is 6.89. The summed E-state index contributed by atoms with van der Waals surface area (Å²) < 4.78 is 36.4. The van der Waals surface area contributed by atoms with Gasteiger partial charge in [0.25, 0.3) is 0 Å². The van der Waals surface area contributed by atoms with Gasteiger partial charge in [0.15, 0.2) is 11.5 Å². The van der Waals surface area contributed by atoms with Crippen molar-refractivity contribution in [2.75, 3.05) is 53.7 Å². The van der Waals surface area contributed by atoms with Gasteiger partial charge in [-0.2, -0.15) is 0 Å². The second-order valence-corrected chi connectivity index (χ2v) is 8.67. The topological polar surface area (TPSA) is 91.3 Å². The Morgan fingerprint density at radius 3 is 2.65 bits per heavy atom. The van der Waals surface area contributed by atoms with Crippen LogP contribution in [0.1, 0.15) is 5.56 Å². The Morgan fingerprint density at radius 1 is 1.31 bits per heavy atom. The number of hydrogen-bond acceptors (Lipinski definition) is 7. The molecule has 2 rings (SSSR count). The first-order valence-corrected chi connectivity index (χ1v) is 10.4. The molecular weight excluding hydrogens is 358 g/mol. The molecule has 0 spiro atoms. The number of aliphatic hydroxyl groups excluding tert-OH is 1. The molecule has 0 amide bonds. The molecule has 0 saturated carbocycles. The summed E-state index contributed by atoms with van der Waals surface area (Å²) in [5.74, 6) is 1.35. The fourth-order valence-electron chi connectivity index (χ4n) is 2.91. The van der Waals surface area contributed by atoms with E-state index in [-0.39, 0.29) is 0 Å². The van der Waals surface area contributed by atoms with Crippen LogP contribution in [0.2, 0.25) is 0 Å². The van der Waals surface area contributed by atoms with Gasteiger partial charge in [-0.3, -0.25) is 4.90 Å². The number of likely N-dealkylation sites (N-methyl/N-ethyl adjacent to an activating group) is 1. The van der Waals surface area contributed by atoms with Crippen LogP contribution in [0.15, 0.2) is 18.2 Å². The minimum Gasteiger partial charge on any atom is -0.493 e. The molecule has 1 fully saturated rings. The Balaban J connectivity index is 1.97. The van der Waals surface area contributed by atoms with Crippen LogP contribution in [0.4, 0.5) is 0 Å². The van der Waals surface area contributed by atoms with Crippen LogP contribution in [-0.4, -0.2) is 89.2 Å².